The fourth-order valence-electron chi connectivity index (χ4n) is 3.57. The van der Waals surface area contributed by atoms with Gasteiger partial charge in [-0.15, -0.1) is 0 Å². The summed E-state index contributed by atoms with van der Waals surface area (Å²) in [6.45, 7) is 2.71. The van der Waals surface area contributed by atoms with Crippen molar-refractivity contribution in [1.29, 1.82) is 0 Å². The van der Waals surface area contributed by atoms with Gasteiger partial charge in [0.25, 0.3) is 5.91 Å². The van der Waals surface area contributed by atoms with Crippen LogP contribution in [0.2, 0.25) is 0 Å². The highest BCUT2D eigenvalue weighted by molar-refractivity contribution is 7.89. The van der Waals surface area contributed by atoms with Gasteiger partial charge in [-0.05, 0) is 48.9 Å². The van der Waals surface area contributed by atoms with Crippen molar-refractivity contribution in [2.45, 2.75) is 18.4 Å². The van der Waals surface area contributed by atoms with Crippen LogP contribution < -0.4 is 9.54 Å². The molecule has 4 rings (SSSR count). The molecule has 0 radical (unpaired) electrons. The average molecular weight is 496 g/mol. The molecule has 0 aliphatic carbocycles. The van der Waals surface area contributed by atoms with Crippen molar-refractivity contribution in [2.24, 2.45) is 12.0 Å². The van der Waals surface area contributed by atoms with E-state index in [1.807, 2.05) is 67.1 Å². The zero-order chi connectivity index (χ0) is 24.3. The summed E-state index contributed by atoms with van der Waals surface area (Å²) in [4.78, 5) is 17.8. The number of aryl methyl sites for hydroxylation is 1. The number of fused-ring (bicyclic) bond motifs is 1. The number of aromatic nitrogens is 1. The molecule has 4 aromatic rings. The second-order valence-corrected chi connectivity index (χ2v) is 10.7. The fraction of sp³-hybridized carbons (Fsp3) is 0.200. The molecule has 0 fully saturated rings. The second-order valence-electron chi connectivity index (χ2n) is 7.67. The standard InChI is InChI=1S/C25H25N3O4S2/c1-4-32-21-11-8-12-22-23(21)28(3)25(33-22)26-24(29)19-13-15-20(16-14-19)34(30,31)27(2)17-18-9-6-5-7-10-18/h5-16H,4,17H2,1-3H3. The molecule has 0 aliphatic heterocycles. The smallest absolute Gasteiger partial charge is 0.279 e. The number of thiazole rings is 1. The van der Waals surface area contributed by atoms with Crippen molar-refractivity contribution < 1.29 is 17.9 Å². The summed E-state index contributed by atoms with van der Waals surface area (Å²) in [5.41, 5.74) is 2.08. The van der Waals surface area contributed by atoms with E-state index >= 15 is 0 Å². The maximum absolute atomic E-state index is 12.9. The lowest BCUT2D eigenvalue weighted by Crippen LogP contribution is -2.26. The molecule has 0 bridgehead atoms. The van der Waals surface area contributed by atoms with Gasteiger partial charge in [0.2, 0.25) is 10.0 Å². The van der Waals surface area contributed by atoms with Crippen molar-refractivity contribution in [3.05, 3.63) is 88.7 Å². The van der Waals surface area contributed by atoms with Gasteiger partial charge in [-0.3, -0.25) is 4.79 Å². The van der Waals surface area contributed by atoms with Crippen molar-refractivity contribution in [2.75, 3.05) is 13.7 Å². The van der Waals surface area contributed by atoms with Crippen LogP contribution in [0.3, 0.4) is 0 Å². The van der Waals surface area contributed by atoms with Crippen molar-refractivity contribution in [1.82, 2.24) is 8.87 Å². The molecule has 0 aliphatic rings. The molecule has 1 heterocycles. The second kappa shape index (κ2) is 9.92. The third kappa shape index (κ3) is 4.82. The summed E-state index contributed by atoms with van der Waals surface area (Å²) in [5, 5.41) is 0. The number of para-hydroxylation sites is 1. The van der Waals surface area contributed by atoms with Crippen LogP contribution in [0.5, 0.6) is 5.75 Å². The summed E-state index contributed by atoms with van der Waals surface area (Å²) in [6, 6.07) is 21.0. The first kappa shape index (κ1) is 23.9. The highest BCUT2D eigenvalue weighted by Gasteiger charge is 2.21. The Balaban J connectivity index is 1.58. The normalized spacial score (nSPS) is 12.4. The molecule has 0 saturated carbocycles. The first-order chi connectivity index (χ1) is 16.3. The van der Waals surface area contributed by atoms with Crippen molar-refractivity contribution in [3.63, 3.8) is 0 Å². The monoisotopic (exact) mass is 495 g/mol. The summed E-state index contributed by atoms with van der Waals surface area (Å²) in [6.07, 6.45) is 0. The van der Waals surface area contributed by atoms with Crippen molar-refractivity contribution in [3.8, 4) is 5.75 Å². The lowest BCUT2D eigenvalue weighted by atomic mass is 10.2. The summed E-state index contributed by atoms with van der Waals surface area (Å²) in [7, 11) is -0.322. The number of rotatable bonds is 7. The Morgan fingerprint density at radius 2 is 1.74 bits per heavy atom. The zero-order valence-corrected chi connectivity index (χ0v) is 20.8. The molecule has 0 spiro atoms. The quantitative estimate of drug-likeness (QED) is 0.385. The number of ether oxygens (including phenoxy) is 1. The fourth-order valence-corrected chi connectivity index (χ4v) is 5.77. The number of nitrogens with zero attached hydrogens (tertiary/aromatic N) is 3. The summed E-state index contributed by atoms with van der Waals surface area (Å²) < 4.78 is 35.7. The van der Waals surface area contributed by atoms with Crippen LogP contribution in [0, 0.1) is 0 Å². The molecule has 0 N–H and O–H groups in total. The van der Waals surface area contributed by atoms with Gasteiger partial charge >= 0.3 is 0 Å². The van der Waals surface area contributed by atoms with Crippen LogP contribution in [-0.2, 0) is 23.6 Å². The van der Waals surface area contributed by atoms with Gasteiger partial charge in [0, 0.05) is 26.2 Å². The van der Waals surface area contributed by atoms with Crippen LogP contribution in [0.15, 0.2) is 82.7 Å². The largest absolute Gasteiger partial charge is 0.492 e. The number of hydrogen-bond acceptors (Lipinski definition) is 5. The van der Waals surface area contributed by atoms with E-state index in [0.29, 0.717) is 17.0 Å². The molecule has 0 atom stereocenters. The Bertz CT molecular complexity index is 1490. The Hall–Kier alpha value is -3.27. The van der Waals surface area contributed by atoms with E-state index in [1.165, 1.54) is 47.0 Å². The van der Waals surface area contributed by atoms with Gasteiger partial charge in [-0.2, -0.15) is 9.30 Å². The van der Waals surface area contributed by atoms with Crippen molar-refractivity contribution >= 4 is 37.5 Å². The maximum atomic E-state index is 12.9. The maximum Gasteiger partial charge on any atom is 0.279 e. The molecule has 0 unspecified atom stereocenters. The van der Waals surface area contributed by atoms with Crippen LogP contribution in [-0.4, -0.2) is 36.9 Å². The minimum Gasteiger partial charge on any atom is -0.492 e. The Kier molecular flexibility index (Phi) is 6.97. The molecule has 9 heteroatoms. The van der Waals surface area contributed by atoms with Gasteiger partial charge in [-0.1, -0.05) is 47.7 Å². The molecule has 3 aromatic carbocycles. The van der Waals surface area contributed by atoms with Gasteiger partial charge in [0.1, 0.15) is 11.3 Å². The highest BCUT2D eigenvalue weighted by Crippen LogP contribution is 2.27. The molecule has 7 nitrogen and oxygen atoms in total. The molecule has 34 heavy (non-hydrogen) atoms. The number of sulfonamides is 1. The lowest BCUT2D eigenvalue weighted by Gasteiger charge is -2.17. The zero-order valence-electron chi connectivity index (χ0n) is 19.1. The van der Waals surface area contributed by atoms with E-state index < -0.39 is 15.9 Å². The van der Waals surface area contributed by atoms with E-state index in [0.717, 1.165) is 21.5 Å². The van der Waals surface area contributed by atoms with Crippen LogP contribution in [0.1, 0.15) is 22.8 Å². The lowest BCUT2D eigenvalue weighted by molar-refractivity contribution is 0.0998. The molecular weight excluding hydrogens is 470 g/mol. The Morgan fingerprint density at radius 1 is 1.03 bits per heavy atom. The average Bonchev–Trinajstić information content (AvgIpc) is 3.16. The predicted molar refractivity (Wildman–Crippen MR) is 133 cm³/mol. The molecule has 1 aromatic heterocycles. The summed E-state index contributed by atoms with van der Waals surface area (Å²) in [5.74, 6) is 0.295. The van der Waals surface area contributed by atoms with Gasteiger partial charge in [-0.25, -0.2) is 8.42 Å². The third-order valence-corrected chi connectivity index (χ3v) is 8.25. The molecular formula is C25H25N3O4S2. The minimum atomic E-state index is -3.70. The number of amides is 1. The van der Waals surface area contributed by atoms with Crippen LogP contribution in [0.4, 0.5) is 0 Å². The first-order valence-electron chi connectivity index (χ1n) is 10.7. The van der Waals surface area contributed by atoms with Gasteiger partial charge < -0.3 is 9.30 Å². The predicted octanol–water partition coefficient (Wildman–Crippen LogP) is 4.20. The molecule has 176 valence electrons. The van der Waals surface area contributed by atoms with Gasteiger partial charge in [0.05, 0.1) is 16.2 Å². The number of benzene rings is 3. The topological polar surface area (TPSA) is 81.0 Å². The molecule has 1 amide bonds. The number of carbonyl (C=O) groups excluding carboxylic acids is 1. The first-order valence-corrected chi connectivity index (χ1v) is 13.0. The number of hydrogen-bond donors (Lipinski definition) is 0. The van der Waals surface area contributed by atoms with E-state index in [2.05, 4.69) is 4.99 Å². The molecule has 0 saturated heterocycles. The van der Waals surface area contributed by atoms with Gasteiger partial charge in [0.15, 0.2) is 4.80 Å². The van der Waals surface area contributed by atoms with E-state index in [1.54, 1.807) is 0 Å². The summed E-state index contributed by atoms with van der Waals surface area (Å²) >= 11 is 1.39. The Morgan fingerprint density at radius 3 is 2.41 bits per heavy atom. The van der Waals surface area contributed by atoms with E-state index in [-0.39, 0.29) is 11.4 Å². The minimum absolute atomic E-state index is 0.122. The SMILES string of the molecule is CCOc1cccc2sc(=NC(=O)c3ccc(S(=O)(=O)N(C)Cc4ccccc4)cc3)n(C)c12. The van der Waals surface area contributed by atoms with E-state index in [9.17, 15) is 13.2 Å². The van der Waals surface area contributed by atoms with Crippen LogP contribution in [0.25, 0.3) is 10.2 Å². The highest BCUT2D eigenvalue weighted by atomic mass is 32.2. The third-order valence-electron chi connectivity index (χ3n) is 5.34. The Labute approximate surface area is 202 Å². The number of carbonyl (C=O) groups is 1. The van der Waals surface area contributed by atoms with Crippen LogP contribution >= 0.6 is 11.3 Å². The van der Waals surface area contributed by atoms with E-state index in [4.69, 9.17) is 4.74 Å².